The lowest BCUT2D eigenvalue weighted by Crippen LogP contribution is -2.11. The molecule has 0 saturated carbocycles. The molecule has 1 aromatic heterocycles. The van der Waals surface area contributed by atoms with Gasteiger partial charge in [0, 0.05) is 22.8 Å². The molecule has 2 N–H and O–H groups in total. The summed E-state index contributed by atoms with van der Waals surface area (Å²) in [6.45, 7) is 2.51. The summed E-state index contributed by atoms with van der Waals surface area (Å²) in [7, 11) is 0. The van der Waals surface area contributed by atoms with Crippen molar-refractivity contribution in [1.29, 1.82) is 0 Å². The average molecular weight is 298 g/mol. The van der Waals surface area contributed by atoms with E-state index >= 15 is 0 Å². The number of carbonyl (C=O) groups is 1. The number of aromatic amines is 1. The van der Waals surface area contributed by atoms with Gasteiger partial charge in [0.15, 0.2) is 0 Å². The van der Waals surface area contributed by atoms with E-state index in [2.05, 4.69) is 10.3 Å². The van der Waals surface area contributed by atoms with E-state index in [4.69, 9.17) is 4.74 Å². The van der Waals surface area contributed by atoms with Gasteiger partial charge in [-0.05, 0) is 49.4 Å². The number of ether oxygens (including phenoxy) is 1. The molecule has 0 bridgehead atoms. The number of H-pyrrole nitrogens is 1. The molecule has 0 aliphatic carbocycles. The highest BCUT2D eigenvalue weighted by atomic mass is 19.1. The van der Waals surface area contributed by atoms with Crippen LogP contribution in [0.25, 0.3) is 10.9 Å². The summed E-state index contributed by atoms with van der Waals surface area (Å²) in [5.41, 5.74) is 1.74. The average Bonchev–Trinajstić information content (AvgIpc) is 2.92. The van der Waals surface area contributed by atoms with Gasteiger partial charge in [0.2, 0.25) is 0 Å². The molecule has 0 saturated heterocycles. The Labute approximate surface area is 126 Å². The number of halogens is 1. The van der Waals surface area contributed by atoms with E-state index in [9.17, 15) is 9.18 Å². The highest BCUT2D eigenvalue weighted by Crippen LogP contribution is 2.21. The third-order valence-electron chi connectivity index (χ3n) is 3.31. The Kier molecular flexibility index (Phi) is 3.78. The number of aromatic nitrogens is 1. The van der Waals surface area contributed by atoms with Crippen LogP contribution in [0.4, 0.5) is 10.1 Å². The van der Waals surface area contributed by atoms with Crippen molar-refractivity contribution in [2.75, 3.05) is 11.9 Å². The van der Waals surface area contributed by atoms with E-state index < -0.39 is 0 Å². The van der Waals surface area contributed by atoms with Gasteiger partial charge in [-0.1, -0.05) is 0 Å². The minimum Gasteiger partial charge on any atom is -0.494 e. The van der Waals surface area contributed by atoms with Crippen LogP contribution in [0.1, 0.15) is 17.3 Å². The van der Waals surface area contributed by atoms with Crippen LogP contribution in [0.2, 0.25) is 0 Å². The molecule has 0 unspecified atom stereocenters. The number of rotatable bonds is 4. The van der Waals surface area contributed by atoms with E-state index in [1.165, 1.54) is 12.1 Å². The maximum absolute atomic E-state index is 13.2. The first-order chi connectivity index (χ1) is 10.7. The van der Waals surface area contributed by atoms with Crippen molar-refractivity contribution in [1.82, 2.24) is 4.98 Å². The monoisotopic (exact) mass is 298 g/mol. The van der Waals surface area contributed by atoms with E-state index in [0.29, 0.717) is 28.8 Å². The molecule has 3 rings (SSSR count). The van der Waals surface area contributed by atoms with Gasteiger partial charge in [-0.2, -0.15) is 0 Å². The second-order valence-electron chi connectivity index (χ2n) is 4.80. The number of benzene rings is 2. The van der Waals surface area contributed by atoms with Gasteiger partial charge in [0.1, 0.15) is 11.6 Å². The number of carbonyl (C=O) groups excluding carboxylic acids is 1. The Morgan fingerprint density at radius 1 is 1.23 bits per heavy atom. The zero-order valence-corrected chi connectivity index (χ0v) is 12.0. The van der Waals surface area contributed by atoms with Gasteiger partial charge in [-0.15, -0.1) is 0 Å². The Bertz CT molecular complexity index is 809. The van der Waals surface area contributed by atoms with Crippen LogP contribution in [0.3, 0.4) is 0 Å². The SMILES string of the molecule is CCOc1ccc(NC(=O)c2c[nH]c3cc(F)ccc23)cc1. The van der Waals surface area contributed by atoms with Gasteiger partial charge >= 0.3 is 0 Å². The fourth-order valence-electron chi connectivity index (χ4n) is 2.29. The molecular weight excluding hydrogens is 283 g/mol. The predicted molar refractivity (Wildman–Crippen MR) is 83.8 cm³/mol. The normalized spacial score (nSPS) is 10.6. The van der Waals surface area contributed by atoms with Crippen molar-refractivity contribution < 1.29 is 13.9 Å². The van der Waals surface area contributed by atoms with Crippen molar-refractivity contribution in [3.8, 4) is 5.75 Å². The number of fused-ring (bicyclic) bond motifs is 1. The molecular formula is C17H15FN2O2. The van der Waals surface area contributed by atoms with E-state index in [-0.39, 0.29) is 11.7 Å². The van der Waals surface area contributed by atoms with E-state index in [1.807, 2.05) is 6.92 Å². The van der Waals surface area contributed by atoms with E-state index in [0.717, 1.165) is 5.75 Å². The summed E-state index contributed by atoms with van der Waals surface area (Å²) < 4.78 is 18.5. The molecule has 112 valence electrons. The minimum absolute atomic E-state index is 0.248. The third kappa shape index (κ3) is 2.79. The van der Waals surface area contributed by atoms with Crippen molar-refractivity contribution >= 4 is 22.5 Å². The topological polar surface area (TPSA) is 54.1 Å². The summed E-state index contributed by atoms with van der Waals surface area (Å²) in [6.07, 6.45) is 1.58. The fourth-order valence-corrected chi connectivity index (χ4v) is 2.29. The first-order valence-corrected chi connectivity index (χ1v) is 6.98. The van der Waals surface area contributed by atoms with Crippen LogP contribution < -0.4 is 10.1 Å². The molecule has 1 heterocycles. The lowest BCUT2D eigenvalue weighted by molar-refractivity contribution is 0.102. The molecule has 1 amide bonds. The van der Waals surface area contributed by atoms with Crippen molar-refractivity contribution in [3.63, 3.8) is 0 Å². The maximum Gasteiger partial charge on any atom is 0.257 e. The van der Waals surface area contributed by atoms with Crippen molar-refractivity contribution in [2.24, 2.45) is 0 Å². The second-order valence-corrected chi connectivity index (χ2v) is 4.80. The summed E-state index contributed by atoms with van der Waals surface area (Å²) in [4.78, 5) is 15.2. The summed E-state index contributed by atoms with van der Waals surface area (Å²) in [5.74, 6) is 0.165. The van der Waals surface area contributed by atoms with Crippen LogP contribution >= 0.6 is 0 Å². The minimum atomic E-state index is -0.340. The molecule has 0 spiro atoms. The van der Waals surface area contributed by atoms with Crippen LogP contribution in [0.15, 0.2) is 48.7 Å². The molecule has 0 atom stereocenters. The van der Waals surface area contributed by atoms with Gasteiger partial charge in [0.25, 0.3) is 5.91 Å². The Morgan fingerprint density at radius 3 is 2.73 bits per heavy atom. The molecule has 0 aliphatic rings. The first-order valence-electron chi connectivity index (χ1n) is 6.98. The van der Waals surface area contributed by atoms with E-state index in [1.54, 1.807) is 36.5 Å². The molecule has 22 heavy (non-hydrogen) atoms. The summed E-state index contributed by atoms with van der Waals surface area (Å²) in [6, 6.07) is 11.4. The summed E-state index contributed by atoms with van der Waals surface area (Å²) in [5, 5.41) is 3.50. The fraction of sp³-hybridized carbons (Fsp3) is 0.118. The van der Waals surface area contributed by atoms with Crippen molar-refractivity contribution in [2.45, 2.75) is 6.92 Å². The molecule has 3 aromatic rings. The highest BCUT2D eigenvalue weighted by Gasteiger charge is 2.12. The molecule has 2 aromatic carbocycles. The maximum atomic E-state index is 13.2. The Hall–Kier alpha value is -2.82. The zero-order valence-electron chi connectivity index (χ0n) is 12.0. The van der Waals surface area contributed by atoms with Gasteiger partial charge < -0.3 is 15.0 Å². The van der Waals surface area contributed by atoms with Crippen LogP contribution in [-0.4, -0.2) is 17.5 Å². The lowest BCUT2D eigenvalue weighted by atomic mass is 10.1. The quantitative estimate of drug-likeness (QED) is 0.766. The first kappa shape index (κ1) is 14.1. The molecule has 4 nitrogen and oxygen atoms in total. The largest absolute Gasteiger partial charge is 0.494 e. The Balaban J connectivity index is 1.81. The number of nitrogens with one attached hydrogen (secondary N) is 2. The molecule has 0 fully saturated rings. The number of anilines is 1. The second kappa shape index (κ2) is 5.89. The third-order valence-corrected chi connectivity index (χ3v) is 3.31. The van der Waals surface area contributed by atoms with Gasteiger partial charge in [-0.25, -0.2) is 4.39 Å². The number of amides is 1. The van der Waals surface area contributed by atoms with Crippen LogP contribution in [0, 0.1) is 5.82 Å². The van der Waals surface area contributed by atoms with Crippen LogP contribution in [0.5, 0.6) is 5.75 Å². The number of hydrogen-bond donors (Lipinski definition) is 2. The lowest BCUT2D eigenvalue weighted by Gasteiger charge is -2.06. The van der Waals surface area contributed by atoms with Crippen molar-refractivity contribution in [3.05, 3.63) is 60.0 Å². The zero-order chi connectivity index (χ0) is 15.5. The highest BCUT2D eigenvalue weighted by molar-refractivity contribution is 6.12. The number of hydrogen-bond acceptors (Lipinski definition) is 2. The molecule has 5 heteroatoms. The molecule has 0 aliphatic heterocycles. The standard InChI is InChI=1S/C17H15FN2O2/c1-2-22-13-6-4-12(5-7-13)20-17(21)15-10-19-16-9-11(18)3-8-14(15)16/h3-10,19H,2H2,1H3,(H,20,21). The smallest absolute Gasteiger partial charge is 0.257 e. The Morgan fingerprint density at radius 2 is 2.00 bits per heavy atom. The molecule has 0 radical (unpaired) electrons. The van der Waals surface area contributed by atoms with Crippen LogP contribution in [-0.2, 0) is 0 Å². The van der Waals surface area contributed by atoms with Gasteiger partial charge in [0.05, 0.1) is 12.2 Å². The van der Waals surface area contributed by atoms with Gasteiger partial charge in [-0.3, -0.25) is 4.79 Å². The summed E-state index contributed by atoms with van der Waals surface area (Å²) >= 11 is 0. The predicted octanol–water partition coefficient (Wildman–Crippen LogP) is 3.96.